The van der Waals surface area contributed by atoms with E-state index in [2.05, 4.69) is 12.2 Å². The molecule has 0 aromatic heterocycles. The first-order valence-electron chi connectivity index (χ1n) is 8.21. The quantitative estimate of drug-likeness (QED) is 0.736. The van der Waals surface area contributed by atoms with Crippen molar-refractivity contribution in [1.82, 2.24) is 5.32 Å². The number of rotatable bonds is 4. The van der Waals surface area contributed by atoms with Crippen LogP contribution in [-0.4, -0.2) is 29.7 Å². The van der Waals surface area contributed by atoms with Gasteiger partial charge in [0.15, 0.2) is 0 Å². The van der Waals surface area contributed by atoms with Gasteiger partial charge in [0.05, 0.1) is 12.1 Å². The van der Waals surface area contributed by atoms with E-state index >= 15 is 0 Å². The Bertz CT molecular complexity index is 326. The number of hydrogen-bond donors (Lipinski definition) is 3. The van der Waals surface area contributed by atoms with Gasteiger partial charge in [0, 0.05) is 5.92 Å². The molecule has 0 heterocycles. The average Bonchev–Trinajstić information content (AvgIpc) is 2.47. The minimum absolute atomic E-state index is 0.0707. The smallest absolute Gasteiger partial charge is 0.223 e. The zero-order chi connectivity index (χ0) is 14.6. The normalized spacial score (nSPS) is 38.5. The van der Waals surface area contributed by atoms with Crippen molar-refractivity contribution in [3.05, 3.63) is 0 Å². The van der Waals surface area contributed by atoms with Crippen molar-refractivity contribution in [3.63, 3.8) is 0 Å². The SMILES string of the molecule is CC1CCCC(CO)(NC(=O)C2CCC(CN)CC2)C1. The zero-order valence-electron chi connectivity index (χ0n) is 12.7. The number of carbonyl (C=O) groups is 1. The van der Waals surface area contributed by atoms with Gasteiger partial charge in [0.2, 0.25) is 5.91 Å². The molecule has 2 atom stereocenters. The highest BCUT2D eigenvalue weighted by Crippen LogP contribution is 2.34. The minimum Gasteiger partial charge on any atom is -0.394 e. The highest BCUT2D eigenvalue weighted by atomic mass is 16.3. The third-order valence-corrected chi connectivity index (χ3v) is 5.33. The molecule has 4 N–H and O–H groups in total. The summed E-state index contributed by atoms with van der Waals surface area (Å²) in [7, 11) is 0. The number of carbonyl (C=O) groups excluding carboxylic acids is 1. The van der Waals surface area contributed by atoms with Crippen molar-refractivity contribution >= 4 is 5.91 Å². The second-order valence-corrected chi connectivity index (χ2v) is 7.08. The highest BCUT2D eigenvalue weighted by molar-refractivity contribution is 5.79. The molecule has 0 aromatic carbocycles. The highest BCUT2D eigenvalue weighted by Gasteiger charge is 2.37. The van der Waals surface area contributed by atoms with E-state index in [4.69, 9.17) is 5.73 Å². The number of hydrogen-bond acceptors (Lipinski definition) is 3. The maximum Gasteiger partial charge on any atom is 0.223 e. The molecule has 116 valence electrons. The van der Waals surface area contributed by atoms with Crippen molar-refractivity contribution < 1.29 is 9.90 Å². The fourth-order valence-electron chi connectivity index (χ4n) is 3.98. The van der Waals surface area contributed by atoms with E-state index in [1.54, 1.807) is 0 Å². The molecule has 0 saturated heterocycles. The summed E-state index contributed by atoms with van der Waals surface area (Å²) in [6.07, 6.45) is 8.16. The van der Waals surface area contributed by atoms with Crippen LogP contribution in [-0.2, 0) is 4.79 Å². The summed E-state index contributed by atoms with van der Waals surface area (Å²) in [6, 6.07) is 0. The number of nitrogens with two attached hydrogens (primary N) is 1. The maximum atomic E-state index is 12.5. The van der Waals surface area contributed by atoms with Gasteiger partial charge in [0.25, 0.3) is 0 Å². The monoisotopic (exact) mass is 282 g/mol. The predicted molar refractivity (Wildman–Crippen MR) is 80.1 cm³/mol. The molecule has 20 heavy (non-hydrogen) atoms. The summed E-state index contributed by atoms with van der Waals surface area (Å²) in [4.78, 5) is 12.5. The lowest BCUT2D eigenvalue weighted by Crippen LogP contribution is -2.55. The number of aliphatic hydroxyl groups is 1. The van der Waals surface area contributed by atoms with Crippen LogP contribution in [0.4, 0.5) is 0 Å². The molecule has 1 amide bonds. The van der Waals surface area contributed by atoms with E-state index in [-0.39, 0.29) is 24.0 Å². The maximum absolute atomic E-state index is 12.5. The van der Waals surface area contributed by atoms with Crippen LogP contribution in [0.1, 0.15) is 58.3 Å². The van der Waals surface area contributed by atoms with Crippen LogP contribution in [0.5, 0.6) is 0 Å². The van der Waals surface area contributed by atoms with Crippen LogP contribution in [0.3, 0.4) is 0 Å². The standard InChI is InChI=1S/C16H30N2O2/c1-12-3-2-8-16(9-12,11-19)18-15(20)14-6-4-13(10-17)5-7-14/h12-14,19H,2-11,17H2,1H3,(H,18,20). The van der Waals surface area contributed by atoms with Crippen molar-refractivity contribution in [2.24, 2.45) is 23.5 Å². The van der Waals surface area contributed by atoms with Gasteiger partial charge < -0.3 is 16.2 Å². The molecule has 4 nitrogen and oxygen atoms in total. The number of nitrogens with one attached hydrogen (secondary N) is 1. The number of aliphatic hydroxyl groups excluding tert-OH is 1. The van der Waals surface area contributed by atoms with Crippen molar-refractivity contribution in [1.29, 1.82) is 0 Å². The topological polar surface area (TPSA) is 75.3 Å². The first kappa shape index (κ1) is 15.8. The van der Waals surface area contributed by atoms with Crippen LogP contribution >= 0.6 is 0 Å². The molecule has 0 bridgehead atoms. The van der Waals surface area contributed by atoms with Gasteiger partial charge in [0.1, 0.15) is 0 Å². The van der Waals surface area contributed by atoms with Gasteiger partial charge in [-0.3, -0.25) is 4.79 Å². The number of amides is 1. The fraction of sp³-hybridized carbons (Fsp3) is 0.938. The van der Waals surface area contributed by atoms with Crippen LogP contribution < -0.4 is 11.1 Å². The Morgan fingerprint density at radius 1 is 1.30 bits per heavy atom. The molecule has 0 aliphatic heterocycles. The lowest BCUT2D eigenvalue weighted by atomic mass is 9.75. The van der Waals surface area contributed by atoms with Gasteiger partial charge in [-0.15, -0.1) is 0 Å². The Labute approximate surface area is 122 Å². The molecule has 2 unspecified atom stereocenters. The first-order valence-corrected chi connectivity index (χ1v) is 8.21. The zero-order valence-corrected chi connectivity index (χ0v) is 12.7. The third kappa shape index (κ3) is 3.73. The lowest BCUT2D eigenvalue weighted by Gasteiger charge is -2.40. The van der Waals surface area contributed by atoms with Crippen LogP contribution in [0, 0.1) is 17.8 Å². The summed E-state index contributed by atoms with van der Waals surface area (Å²) in [5, 5.41) is 13.0. The third-order valence-electron chi connectivity index (χ3n) is 5.33. The van der Waals surface area contributed by atoms with E-state index in [1.807, 2.05) is 0 Å². The molecule has 0 spiro atoms. The molecular formula is C16H30N2O2. The predicted octanol–water partition coefficient (Wildman–Crippen LogP) is 1.81. The second-order valence-electron chi connectivity index (χ2n) is 7.08. The Morgan fingerprint density at radius 2 is 2.00 bits per heavy atom. The molecule has 4 heteroatoms. The van der Waals surface area contributed by atoms with Crippen molar-refractivity contribution in [2.75, 3.05) is 13.2 Å². The van der Waals surface area contributed by atoms with Gasteiger partial charge in [-0.05, 0) is 56.9 Å². The van der Waals surface area contributed by atoms with Gasteiger partial charge in [-0.25, -0.2) is 0 Å². The van der Waals surface area contributed by atoms with Crippen molar-refractivity contribution in [3.8, 4) is 0 Å². The van der Waals surface area contributed by atoms with E-state index in [9.17, 15) is 9.90 Å². The molecule has 2 saturated carbocycles. The Balaban J connectivity index is 1.89. The fourth-order valence-corrected chi connectivity index (χ4v) is 3.98. The molecule has 2 aliphatic carbocycles. The molecule has 2 rings (SSSR count). The second kappa shape index (κ2) is 6.90. The van der Waals surface area contributed by atoms with Gasteiger partial charge >= 0.3 is 0 Å². The van der Waals surface area contributed by atoms with Crippen LogP contribution in [0.15, 0.2) is 0 Å². The molecule has 0 radical (unpaired) electrons. The van der Waals surface area contributed by atoms with Crippen molar-refractivity contribution in [2.45, 2.75) is 63.8 Å². The van der Waals surface area contributed by atoms with Crippen LogP contribution in [0.25, 0.3) is 0 Å². The van der Waals surface area contributed by atoms with Gasteiger partial charge in [-0.2, -0.15) is 0 Å². The largest absolute Gasteiger partial charge is 0.394 e. The van der Waals surface area contributed by atoms with E-state index in [0.29, 0.717) is 11.8 Å². The van der Waals surface area contributed by atoms with E-state index in [1.165, 1.54) is 6.42 Å². The summed E-state index contributed by atoms with van der Waals surface area (Å²) in [6.45, 7) is 3.02. The molecular weight excluding hydrogens is 252 g/mol. The Morgan fingerprint density at radius 3 is 2.55 bits per heavy atom. The molecule has 2 fully saturated rings. The molecule has 0 aromatic rings. The first-order chi connectivity index (χ1) is 9.58. The summed E-state index contributed by atoms with van der Waals surface area (Å²) < 4.78 is 0. The van der Waals surface area contributed by atoms with E-state index in [0.717, 1.165) is 51.5 Å². The summed E-state index contributed by atoms with van der Waals surface area (Å²) in [5.74, 6) is 1.46. The summed E-state index contributed by atoms with van der Waals surface area (Å²) in [5.41, 5.74) is 5.34. The Hall–Kier alpha value is -0.610. The average molecular weight is 282 g/mol. The lowest BCUT2D eigenvalue weighted by molar-refractivity contribution is -0.129. The summed E-state index contributed by atoms with van der Waals surface area (Å²) >= 11 is 0. The molecule has 2 aliphatic rings. The van der Waals surface area contributed by atoms with Gasteiger partial charge in [-0.1, -0.05) is 19.8 Å². The van der Waals surface area contributed by atoms with E-state index < -0.39 is 0 Å². The minimum atomic E-state index is -0.362. The Kier molecular flexibility index (Phi) is 5.44. The van der Waals surface area contributed by atoms with Crippen LogP contribution in [0.2, 0.25) is 0 Å².